The molecular weight excluding hydrogens is 382 g/mol. The van der Waals surface area contributed by atoms with Crippen molar-refractivity contribution in [2.75, 3.05) is 68.7 Å². The summed E-state index contributed by atoms with van der Waals surface area (Å²) >= 11 is 3.56. The summed E-state index contributed by atoms with van der Waals surface area (Å²) in [5.41, 5.74) is 1.37. The molecule has 0 spiro atoms. The molecule has 1 rings (SSSR count). The van der Waals surface area contributed by atoms with Crippen LogP contribution in [0.1, 0.15) is 17.6 Å². The van der Waals surface area contributed by atoms with E-state index in [2.05, 4.69) is 40.6 Å². The third-order valence-electron chi connectivity index (χ3n) is 4.06. The Morgan fingerprint density at radius 3 is 2.26 bits per heavy atom. The largest absolute Gasteiger partial charge is 0.367 e. The smallest absolute Gasteiger partial charge is 0.325 e. The third kappa shape index (κ3) is 7.87. The van der Waals surface area contributed by atoms with Crippen molar-refractivity contribution >= 4 is 23.1 Å². The van der Waals surface area contributed by atoms with Gasteiger partial charge in [-0.3, -0.25) is 10.1 Å². The summed E-state index contributed by atoms with van der Waals surface area (Å²) < 4.78 is 1.83. The Hall–Kier alpha value is -1.00. The lowest BCUT2D eigenvalue weighted by Crippen LogP contribution is -2.53. The first-order valence-electron chi connectivity index (χ1n) is 8.96. The zero-order chi connectivity index (χ0) is 21.0. The van der Waals surface area contributed by atoms with Crippen LogP contribution in [-0.4, -0.2) is 92.0 Å². The van der Waals surface area contributed by atoms with Gasteiger partial charge in [-0.05, 0) is 0 Å². The van der Waals surface area contributed by atoms with E-state index < -0.39 is 0 Å². The van der Waals surface area contributed by atoms with Crippen LogP contribution in [0, 0.1) is 10.1 Å². The van der Waals surface area contributed by atoms with E-state index in [0.29, 0.717) is 8.97 Å². The minimum Gasteiger partial charge on any atom is -0.325 e. The lowest BCUT2D eigenvalue weighted by Gasteiger charge is -2.36. The summed E-state index contributed by atoms with van der Waals surface area (Å²) in [4.78, 5) is 15.8. The number of hydrogen-bond donors (Lipinski definition) is 0. The van der Waals surface area contributed by atoms with Crippen LogP contribution in [0.4, 0.5) is 0 Å². The summed E-state index contributed by atoms with van der Waals surface area (Å²) in [7, 11) is 16.6. The van der Waals surface area contributed by atoms with Crippen LogP contribution in [0.3, 0.4) is 0 Å². The molecule has 9 heteroatoms. The number of nitro groups is 1. The van der Waals surface area contributed by atoms with Gasteiger partial charge in [0.2, 0.25) is 0 Å². The fraction of sp³-hybridized carbons (Fsp3) is 0.722. The minimum atomic E-state index is -0.267. The molecule has 1 aromatic rings. The third-order valence-corrected chi connectivity index (χ3v) is 5.91. The van der Waals surface area contributed by atoms with Crippen LogP contribution in [-0.2, 0) is 12.3 Å². The second-order valence-electron chi connectivity index (χ2n) is 9.32. The van der Waals surface area contributed by atoms with E-state index in [1.54, 1.807) is 18.3 Å². The Morgan fingerprint density at radius 1 is 1.19 bits per heavy atom. The molecule has 0 bridgehead atoms. The summed E-state index contributed by atoms with van der Waals surface area (Å²) in [5, 5.41) is 14.7. The molecule has 0 unspecified atom stereocenters. The zero-order valence-electron chi connectivity index (χ0n) is 18.3. The van der Waals surface area contributed by atoms with E-state index >= 15 is 0 Å². The van der Waals surface area contributed by atoms with Gasteiger partial charge in [-0.25, -0.2) is 14.0 Å². The van der Waals surface area contributed by atoms with E-state index in [0.717, 1.165) is 40.6 Å². The van der Waals surface area contributed by atoms with Gasteiger partial charge in [0.05, 0.1) is 73.5 Å². The van der Waals surface area contributed by atoms with E-state index in [-0.39, 0.29) is 10.6 Å². The van der Waals surface area contributed by atoms with Crippen molar-refractivity contribution in [2.24, 2.45) is 0 Å². The van der Waals surface area contributed by atoms with Crippen LogP contribution in [0.5, 0.6) is 0 Å². The molecule has 0 fully saturated rings. The molecule has 0 N–H and O–H groups in total. The van der Waals surface area contributed by atoms with Crippen molar-refractivity contribution in [3.63, 3.8) is 0 Å². The van der Waals surface area contributed by atoms with Gasteiger partial charge in [-0.2, -0.15) is 0 Å². The Balaban J connectivity index is 2.69. The maximum atomic E-state index is 11.4. The highest BCUT2D eigenvalue weighted by atomic mass is 32.2. The highest BCUT2D eigenvalue weighted by Crippen LogP contribution is 2.25. The number of allylic oxidation sites excluding steroid dienone is 1. The molecule has 1 heterocycles. The first kappa shape index (κ1) is 24.0. The van der Waals surface area contributed by atoms with Gasteiger partial charge in [0.15, 0.2) is 0 Å². The van der Waals surface area contributed by atoms with Crippen molar-refractivity contribution in [3.05, 3.63) is 37.7 Å². The van der Waals surface area contributed by atoms with E-state index in [1.807, 2.05) is 32.9 Å². The van der Waals surface area contributed by atoms with Crippen molar-refractivity contribution in [1.82, 2.24) is 4.98 Å². The molecule has 0 saturated heterocycles. The molecule has 27 heavy (non-hydrogen) atoms. The molecular formula is C18H36N5O2S2+3. The predicted octanol–water partition coefficient (Wildman–Crippen LogP) is 2.83. The van der Waals surface area contributed by atoms with Crippen LogP contribution < -0.4 is 0 Å². The summed E-state index contributed by atoms with van der Waals surface area (Å²) in [6.45, 7) is 3.38. The number of nitrogens with zero attached hydrogens (tertiary/aromatic N) is 5. The maximum Gasteiger partial charge on any atom is 0.367 e. The highest BCUT2D eigenvalue weighted by Gasteiger charge is 2.41. The Labute approximate surface area is 172 Å². The molecule has 0 aromatic carbocycles. The second-order valence-corrected chi connectivity index (χ2v) is 11.4. The topological polar surface area (TPSA) is 56.0 Å². The average Bonchev–Trinajstić information content (AvgIpc) is 2.86. The molecule has 7 nitrogen and oxygen atoms in total. The number of hydrogen-bond acceptors (Lipinski definition) is 5. The fourth-order valence-corrected chi connectivity index (χ4v) is 5.52. The van der Waals surface area contributed by atoms with Crippen molar-refractivity contribution in [3.8, 4) is 0 Å². The van der Waals surface area contributed by atoms with Gasteiger partial charge in [0.1, 0.15) is 11.6 Å². The monoisotopic (exact) mass is 418 g/mol. The molecule has 0 aliphatic heterocycles. The SMILES string of the molecule is CC(=C([N+](C)(C)C)[N+](C)(C)CCSCc1csc(C[N+](C)(C)C)n1)[N+](=O)[O-]. The van der Waals surface area contributed by atoms with Crippen LogP contribution in [0.15, 0.2) is 16.9 Å². The first-order chi connectivity index (χ1) is 12.1. The molecule has 0 amide bonds. The standard InChI is InChI=1S/C18H36N5O2S2/c1-15(20(24)25)18(22(5,6)7)23(8,9)10-11-26-13-16-14-27-17(19-16)12-21(2,3)4/h14H,10-13H2,1-9H3/q+3. The second kappa shape index (κ2) is 9.00. The van der Waals surface area contributed by atoms with Crippen LogP contribution >= 0.6 is 23.1 Å². The lowest BCUT2D eigenvalue weighted by atomic mass is 10.3. The molecule has 0 aliphatic rings. The lowest BCUT2D eigenvalue weighted by molar-refractivity contribution is -1.01. The van der Waals surface area contributed by atoms with Crippen molar-refractivity contribution in [1.29, 1.82) is 0 Å². The van der Waals surface area contributed by atoms with Crippen LogP contribution in [0.2, 0.25) is 0 Å². The quantitative estimate of drug-likeness (QED) is 0.254. The minimum absolute atomic E-state index is 0.238. The maximum absolute atomic E-state index is 11.4. The predicted molar refractivity (Wildman–Crippen MR) is 115 cm³/mol. The first-order valence-corrected chi connectivity index (χ1v) is 11.0. The van der Waals surface area contributed by atoms with E-state index in [9.17, 15) is 10.1 Å². The molecule has 1 aromatic heterocycles. The Kier molecular flexibility index (Phi) is 8.01. The Bertz CT molecular complexity index is 685. The van der Waals surface area contributed by atoms with Crippen molar-refractivity contribution in [2.45, 2.75) is 19.2 Å². The number of thioether (sulfide) groups is 1. The average molecular weight is 419 g/mol. The van der Waals surface area contributed by atoms with Gasteiger partial charge in [0, 0.05) is 23.8 Å². The number of rotatable bonds is 10. The molecule has 0 atom stereocenters. The summed E-state index contributed by atoms with van der Waals surface area (Å²) in [6.07, 6.45) is 0. The highest BCUT2D eigenvalue weighted by molar-refractivity contribution is 7.98. The van der Waals surface area contributed by atoms with Gasteiger partial charge >= 0.3 is 11.5 Å². The van der Waals surface area contributed by atoms with E-state index in [1.165, 1.54) is 5.01 Å². The van der Waals surface area contributed by atoms with Gasteiger partial charge < -0.3 is 4.48 Å². The zero-order valence-corrected chi connectivity index (χ0v) is 19.9. The number of quaternary nitrogens is 3. The van der Waals surface area contributed by atoms with Crippen LogP contribution in [0.25, 0.3) is 0 Å². The van der Waals surface area contributed by atoms with Gasteiger partial charge in [0.25, 0.3) is 0 Å². The Morgan fingerprint density at radius 2 is 1.78 bits per heavy atom. The fourth-order valence-electron chi connectivity index (χ4n) is 3.29. The molecule has 0 radical (unpaired) electrons. The molecule has 0 saturated carbocycles. The van der Waals surface area contributed by atoms with Crippen molar-refractivity contribution < 1.29 is 18.4 Å². The molecule has 154 valence electrons. The molecule has 0 aliphatic carbocycles. The number of aromatic nitrogens is 1. The van der Waals surface area contributed by atoms with E-state index in [4.69, 9.17) is 4.98 Å². The summed E-state index contributed by atoms with van der Waals surface area (Å²) in [6, 6.07) is 0. The van der Waals surface area contributed by atoms with Gasteiger partial charge in [-0.15, -0.1) is 23.1 Å². The number of thiazole rings is 1. The summed E-state index contributed by atoms with van der Waals surface area (Å²) in [5.74, 6) is 2.62. The van der Waals surface area contributed by atoms with Gasteiger partial charge in [-0.1, -0.05) is 0 Å². The normalized spacial score (nSPS) is 14.3.